The Morgan fingerprint density at radius 3 is 2.33 bits per heavy atom. The molecule has 1 saturated heterocycles. The van der Waals surface area contributed by atoms with Gasteiger partial charge in [0.15, 0.2) is 11.3 Å². The van der Waals surface area contributed by atoms with Crippen molar-refractivity contribution in [1.29, 1.82) is 0 Å². The van der Waals surface area contributed by atoms with Crippen molar-refractivity contribution >= 4 is 40.8 Å². The molecule has 5 rings (SSSR count). The van der Waals surface area contributed by atoms with Crippen LogP contribution in [0.5, 0.6) is 5.75 Å². The summed E-state index contributed by atoms with van der Waals surface area (Å²) in [5.41, 5.74) is 8.73. The molecular formula is C34H37N5O6. The van der Waals surface area contributed by atoms with Crippen LogP contribution in [0, 0.1) is 0 Å². The monoisotopic (exact) mass is 611 g/mol. The van der Waals surface area contributed by atoms with Gasteiger partial charge in [-0.1, -0.05) is 12.1 Å². The third-order valence-electron chi connectivity index (χ3n) is 7.21. The van der Waals surface area contributed by atoms with Gasteiger partial charge in [0.2, 0.25) is 5.91 Å². The summed E-state index contributed by atoms with van der Waals surface area (Å²) < 4.78 is 17.1. The van der Waals surface area contributed by atoms with Gasteiger partial charge in [0.25, 0.3) is 5.91 Å². The molecule has 0 atom stereocenters. The highest BCUT2D eigenvalue weighted by Crippen LogP contribution is 2.35. The molecule has 0 aliphatic carbocycles. The lowest BCUT2D eigenvalue weighted by Gasteiger charge is -2.35. The fourth-order valence-corrected chi connectivity index (χ4v) is 4.91. The summed E-state index contributed by atoms with van der Waals surface area (Å²) in [5, 5.41) is 3.64. The zero-order chi connectivity index (χ0) is 32.1. The number of nitrogens with zero attached hydrogens (tertiary/aromatic N) is 3. The molecule has 3 heterocycles. The Kier molecular flexibility index (Phi) is 9.08. The van der Waals surface area contributed by atoms with Gasteiger partial charge in [-0.25, -0.2) is 9.78 Å². The Hall–Kier alpha value is -5.32. The van der Waals surface area contributed by atoms with Gasteiger partial charge in [0, 0.05) is 49.4 Å². The van der Waals surface area contributed by atoms with Gasteiger partial charge in [-0.2, -0.15) is 0 Å². The Morgan fingerprint density at radius 2 is 1.69 bits per heavy atom. The topological polar surface area (TPSA) is 140 Å². The van der Waals surface area contributed by atoms with Crippen molar-refractivity contribution in [2.75, 3.05) is 39.0 Å². The minimum absolute atomic E-state index is 0.0834. The SMILES string of the molecule is COc1cc(-c2ccc(C(=O)N3CCN(C(=O)OC(C)(C)C)CC3)cc2)cc2cc(CNC(=O)C=Cc3ccc(N)nc3)oc12. The van der Waals surface area contributed by atoms with E-state index in [2.05, 4.69) is 10.3 Å². The first-order valence-corrected chi connectivity index (χ1v) is 14.6. The number of hydrogen-bond donors (Lipinski definition) is 2. The van der Waals surface area contributed by atoms with E-state index >= 15 is 0 Å². The number of aromatic nitrogens is 1. The minimum atomic E-state index is -0.562. The molecule has 2 aromatic heterocycles. The maximum atomic E-state index is 13.2. The van der Waals surface area contributed by atoms with E-state index < -0.39 is 5.60 Å². The minimum Gasteiger partial charge on any atom is -0.493 e. The molecule has 3 N–H and O–H groups in total. The molecule has 1 aliphatic rings. The van der Waals surface area contributed by atoms with E-state index in [1.807, 2.05) is 51.1 Å². The predicted octanol–water partition coefficient (Wildman–Crippen LogP) is 5.11. The second-order valence-corrected chi connectivity index (χ2v) is 11.7. The Bertz CT molecular complexity index is 1710. The number of nitrogen functional groups attached to an aromatic ring is 1. The standard InChI is InChI=1S/C34H37N5O6/c1-34(2,3)45-33(42)39-15-13-38(14-16-39)32(41)24-9-7-23(8-10-24)25-17-26-18-27(44-31(26)28(19-25)43-4)21-37-30(40)12-6-22-5-11-29(35)36-20-22/h5-12,17-20H,13-16,21H2,1-4H3,(H2,35,36)(H,37,40). The first-order chi connectivity index (χ1) is 21.5. The summed E-state index contributed by atoms with van der Waals surface area (Å²) in [6.07, 6.45) is 4.31. The summed E-state index contributed by atoms with van der Waals surface area (Å²) in [5.74, 6) is 1.18. The van der Waals surface area contributed by atoms with Crippen molar-refractivity contribution in [3.63, 3.8) is 0 Å². The number of nitrogens with one attached hydrogen (secondary N) is 1. The molecule has 0 spiro atoms. The average Bonchev–Trinajstić information content (AvgIpc) is 3.45. The quantitative estimate of drug-likeness (QED) is 0.275. The van der Waals surface area contributed by atoms with E-state index in [-0.39, 0.29) is 24.5 Å². The van der Waals surface area contributed by atoms with Gasteiger partial charge in [-0.3, -0.25) is 9.59 Å². The van der Waals surface area contributed by atoms with Crippen molar-refractivity contribution < 1.29 is 28.3 Å². The Labute approximate surface area is 261 Å². The van der Waals surface area contributed by atoms with Crippen LogP contribution in [0.15, 0.2) is 71.3 Å². The van der Waals surface area contributed by atoms with Crippen LogP contribution in [0.3, 0.4) is 0 Å². The van der Waals surface area contributed by atoms with Crippen LogP contribution in [-0.2, 0) is 16.1 Å². The zero-order valence-corrected chi connectivity index (χ0v) is 25.8. The van der Waals surface area contributed by atoms with Crippen LogP contribution >= 0.6 is 0 Å². The number of carbonyl (C=O) groups is 3. The van der Waals surface area contributed by atoms with E-state index in [1.165, 1.54) is 6.08 Å². The molecule has 11 nitrogen and oxygen atoms in total. The van der Waals surface area contributed by atoms with Crippen molar-refractivity contribution in [2.45, 2.75) is 32.9 Å². The molecule has 0 saturated carbocycles. The van der Waals surface area contributed by atoms with Crippen molar-refractivity contribution in [1.82, 2.24) is 20.1 Å². The summed E-state index contributed by atoms with van der Waals surface area (Å²) in [7, 11) is 1.57. The molecule has 0 radical (unpaired) electrons. The van der Waals surface area contributed by atoms with Crippen LogP contribution in [0.25, 0.3) is 28.2 Å². The third-order valence-corrected chi connectivity index (χ3v) is 7.21. The number of pyridine rings is 1. The first-order valence-electron chi connectivity index (χ1n) is 14.6. The molecule has 1 fully saturated rings. The molecule has 0 bridgehead atoms. The van der Waals surface area contributed by atoms with E-state index in [0.717, 1.165) is 22.1 Å². The summed E-state index contributed by atoms with van der Waals surface area (Å²) in [6, 6.07) is 16.6. The second-order valence-electron chi connectivity index (χ2n) is 11.7. The Morgan fingerprint density at radius 1 is 0.978 bits per heavy atom. The first kappa shape index (κ1) is 31.1. The number of piperazine rings is 1. The molecule has 0 unspecified atom stereocenters. The lowest BCUT2D eigenvalue weighted by atomic mass is 10.0. The lowest BCUT2D eigenvalue weighted by molar-refractivity contribution is -0.116. The maximum Gasteiger partial charge on any atom is 0.410 e. The molecule has 1 aliphatic heterocycles. The number of fused-ring (bicyclic) bond motifs is 1. The van der Waals surface area contributed by atoms with Crippen molar-refractivity contribution in [3.8, 4) is 16.9 Å². The average molecular weight is 612 g/mol. The van der Waals surface area contributed by atoms with Gasteiger partial charge < -0.3 is 34.7 Å². The van der Waals surface area contributed by atoms with E-state index in [4.69, 9.17) is 19.6 Å². The van der Waals surface area contributed by atoms with E-state index in [9.17, 15) is 14.4 Å². The predicted molar refractivity (Wildman–Crippen MR) is 171 cm³/mol. The highest BCUT2D eigenvalue weighted by molar-refractivity contribution is 5.95. The molecule has 234 valence electrons. The highest BCUT2D eigenvalue weighted by Gasteiger charge is 2.28. The van der Waals surface area contributed by atoms with Gasteiger partial charge in [0.1, 0.15) is 17.2 Å². The number of methoxy groups -OCH3 is 1. The lowest BCUT2D eigenvalue weighted by Crippen LogP contribution is -2.51. The number of ether oxygens (including phenoxy) is 2. The van der Waals surface area contributed by atoms with Crippen LogP contribution in [0.1, 0.15) is 42.5 Å². The largest absolute Gasteiger partial charge is 0.493 e. The molecular weight excluding hydrogens is 574 g/mol. The number of rotatable bonds is 7. The molecule has 3 amide bonds. The van der Waals surface area contributed by atoms with Crippen LogP contribution in [-0.4, -0.2) is 71.6 Å². The van der Waals surface area contributed by atoms with Gasteiger partial charge in [-0.15, -0.1) is 0 Å². The number of hydrogen-bond acceptors (Lipinski definition) is 8. The number of benzene rings is 2. The smallest absolute Gasteiger partial charge is 0.410 e. The molecule has 2 aromatic carbocycles. The van der Waals surface area contributed by atoms with E-state index in [1.54, 1.807) is 53.4 Å². The number of anilines is 1. The zero-order valence-electron chi connectivity index (χ0n) is 25.8. The van der Waals surface area contributed by atoms with Gasteiger partial charge in [0.05, 0.1) is 13.7 Å². The van der Waals surface area contributed by atoms with E-state index in [0.29, 0.717) is 54.7 Å². The van der Waals surface area contributed by atoms with Gasteiger partial charge >= 0.3 is 6.09 Å². The van der Waals surface area contributed by atoms with Gasteiger partial charge in [-0.05, 0) is 86.0 Å². The number of furan rings is 1. The number of amides is 3. The fourth-order valence-electron chi connectivity index (χ4n) is 4.91. The summed E-state index contributed by atoms with van der Waals surface area (Å²) >= 11 is 0. The summed E-state index contributed by atoms with van der Waals surface area (Å²) in [4.78, 5) is 45.3. The fraction of sp³-hybridized carbons (Fsp3) is 0.294. The summed E-state index contributed by atoms with van der Waals surface area (Å²) in [6.45, 7) is 7.42. The Balaban J connectivity index is 1.22. The van der Waals surface area contributed by atoms with Crippen LogP contribution in [0.2, 0.25) is 0 Å². The maximum absolute atomic E-state index is 13.2. The highest BCUT2D eigenvalue weighted by atomic mass is 16.6. The normalized spacial score (nSPS) is 13.7. The number of nitrogens with two attached hydrogens (primary N) is 1. The molecule has 11 heteroatoms. The molecule has 45 heavy (non-hydrogen) atoms. The number of carbonyl (C=O) groups excluding carboxylic acids is 3. The van der Waals surface area contributed by atoms with Crippen molar-refractivity contribution in [3.05, 3.63) is 83.8 Å². The van der Waals surface area contributed by atoms with Crippen LogP contribution < -0.4 is 15.8 Å². The van der Waals surface area contributed by atoms with Crippen LogP contribution in [0.4, 0.5) is 10.6 Å². The van der Waals surface area contributed by atoms with Crippen molar-refractivity contribution in [2.24, 2.45) is 0 Å². The third kappa shape index (κ3) is 7.80. The second kappa shape index (κ2) is 13.1. The molecule has 4 aromatic rings.